The highest BCUT2D eigenvalue weighted by molar-refractivity contribution is 6.53. The van der Waals surface area contributed by atoms with Crippen molar-refractivity contribution in [3.05, 3.63) is 39.9 Å². The third-order valence-electron chi connectivity index (χ3n) is 3.68. The van der Waals surface area contributed by atoms with E-state index in [9.17, 15) is 24.5 Å². The molecule has 1 aliphatic carbocycles. The Morgan fingerprint density at radius 1 is 1.32 bits per heavy atom. The number of halogens is 2. The zero-order valence-corrected chi connectivity index (χ0v) is 14.4. The SMILES string of the molecule is C[C@@]1(C(=O)OCC(=O)NNC(=O)c2cccc([N+](=O)[O-])c2)CC1(Cl)Cl. The maximum Gasteiger partial charge on any atom is 0.315 e. The van der Waals surface area contributed by atoms with Crippen LogP contribution >= 0.6 is 23.2 Å². The highest BCUT2D eigenvalue weighted by Gasteiger charge is 2.69. The molecule has 0 unspecified atom stereocenters. The summed E-state index contributed by atoms with van der Waals surface area (Å²) in [5.41, 5.74) is 2.72. The number of hydrogen-bond donors (Lipinski definition) is 2. The van der Waals surface area contributed by atoms with Gasteiger partial charge >= 0.3 is 5.97 Å². The number of benzene rings is 1. The fourth-order valence-corrected chi connectivity index (χ4v) is 2.60. The van der Waals surface area contributed by atoms with Crippen LogP contribution in [0.2, 0.25) is 0 Å². The standard InChI is InChI=1S/C14H13Cl2N3O6/c1-13(7-14(13,15)16)12(22)25-6-10(20)17-18-11(21)8-3-2-4-9(5-8)19(23)24/h2-5H,6-7H2,1H3,(H,17,20)(H,18,21)/t13-/m0/s1. The van der Waals surface area contributed by atoms with Crippen molar-refractivity contribution in [2.45, 2.75) is 17.7 Å². The Morgan fingerprint density at radius 2 is 1.96 bits per heavy atom. The smallest absolute Gasteiger partial charge is 0.315 e. The van der Waals surface area contributed by atoms with Crippen LogP contribution in [0, 0.1) is 15.5 Å². The number of carbonyl (C=O) groups is 3. The molecule has 11 heteroatoms. The molecular weight excluding hydrogens is 377 g/mol. The predicted octanol–water partition coefficient (Wildman–Crippen LogP) is 1.48. The Morgan fingerprint density at radius 3 is 2.52 bits per heavy atom. The first-order chi connectivity index (χ1) is 11.6. The Hall–Kier alpha value is -2.39. The lowest BCUT2D eigenvalue weighted by atomic mass is 10.1. The van der Waals surface area contributed by atoms with Crippen molar-refractivity contribution < 1.29 is 24.0 Å². The summed E-state index contributed by atoms with van der Waals surface area (Å²) in [4.78, 5) is 45.2. The van der Waals surface area contributed by atoms with Crippen molar-refractivity contribution >= 4 is 46.7 Å². The monoisotopic (exact) mass is 389 g/mol. The molecule has 2 amide bonds. The fraction of sp³-hybridized carbons (Fsp3) is 0.357. The van der Waals surface area contributed by atoms with Crippen molar-refractivity contribution in [3.63, 3.8) is 0 Å². The first kappa shape index (κ1) is 18.9. The number of nitrogens with one attached hydrogen (secondary N) is 2. The fourth-order valence-electron chi connectivity index (χ4n) is 1.91. The molecule has 1 aliphatic rings. The van der Waals surface area contributed by atoms with Gasteiger partial charge in [-0.15, -0.1) is 23.2 Å². The Kier molecular flexibility index (Phi) is 5.19. The van der Waals surface area contributed by atoms with Gasteiger partial charge in [0, 0.05) is 24.1 Å². The van der Waals surface area contributed by atoms with E-state index in [4.69, 9.17) is 27.9 Å². The van der Waals surface area contributed by atoms with E-state index in [1.54, 1.807) is 0 Å². The number of nitro groups is 1. The van der Waals surface area contributed by atoms with Crippen molar-refractivity contribution in [1.82, 2.24) is 10.9 Å². The zero-order valence-electron chi connectivity index (χ0n) is 12.9. The summed E-state index contributed by atoms with van der Waals surface area (Å²) in [5.74, 6) is -2.29. The van der Waals surface area contributed by atoms with E-state index in [0.717, 1.165) is 6.07 Å². The van der Waals surface area contributed by atoms with Gasteiger partial charge in [-0.05, 0) is 13.0 Å². The second kappa shape index (κ2) is 6.85. The number of nitrogens with zero attached hydrogens (tertiary/aromatic N) is 1. The molecule has 2 rings (SSSR count). The first-order valence-corrected chi connectivity index (χ1v) is 7.71. The average molecular weight is 390 g/mol. The molecule has 1 aromatic carbocycles. The summed E-state index contributed by atoms with van der Waals surface area (Å²) in [6, 6.07) is 4.94. The van der Waals surface area contributed by atoms with Crippen LogP contribution in [0.25, 0.3) is 0 Å². The van der Waals surface area contributed by atoms with Gasteiger partial charge in [0.25, 0.3) is 17.5 Å². The summed E-state index contributed by atoms with van der Waals surface area (Å²) in [7, 11) is 0. The zero-order chi connectivity index (χ0) is 18.8. The molecule has 1 atom stereocenters. The van der Waals surface area contributed by atoms with Crippen LogP contribution in [0.5, 0.6) is 0 Å². The molecular formula is C14H13Cl2N3O6. The van der Waals surface area contributed by atoms with Crippen molar-refractivity contribution in [2.75, 3.05) is 6.61 Å². The van der Waals surface area contributed by atoms with Crippen LogP contribution in [-0.2, 0) is 14.3 Å². The van der Waals surface area contributed by atoms with Crippen LogP contribution in [0.3, 0.4) is 0 Å². The number of alkyl halides is 2. The molecule has 0 aliphatic heterocycles. The maximum atomic E-state index is 11.8. The predicted molar refractivity (Wildman–Crippen MR) is 86.8 cm³/mol. The highest BCUT2D eigenvalue weighted by atomic mass is 35.5. The van der Waals surface area contributed by atoms with Gasteiger partial charge in [-0.3, -0.25) is 35.3 Å². The van der Waals surface area contributed by atoms with Crippen LogP contribution in [-0.4, -0.2) is 33.6 Å². The third-order valence-corrected chi connectivity index (χ3v) is 4.78. The van der Waals surface area contributed by atoms with Crippen LogP contribution < -0.4 is 10.9 Å². The van der Waals surface area contributed by atoms with Crippen molar-refractivity contribution in [3.8, 4) is 0 Å². The van der Waals surface area contributed by atoms with E-state index in [1.807, 2.05) is 5.43 Å². The number of esters is 1. The lowest BCUT2D eigenvalue weighted by molar-refractivity contribution is -0.384. The summed E-state index contributed by atoms with van der Waals surface area (Å²) in [5, 5.41) is 10.7. The Bertz CT molecular complexity index is 754. The Labute approximate surface area is 151 Å². The molecule has 1 fully saturated rings. The first-order valence-electron chi connectivity index (χ1n) is 6.95. The minimum atomic E-state index is -1.21. The van der Waals surface area contributed by atoms with E-state index in [0.29, 0.717) is 0 Å². The number of nitro benzene ring substituents is 1. The van der Waals surface area contributed by atoms with E-state index < -0.39 is 39.1 Å². The molecule has 1 aromatic rings. The summed E-state index contributed by atoms with van der Waals surface area (Å²) < 4.78 is 3.58. The van der Waals surface area contributed by atoms with Gasteiger partial charge in [0.2, 0.25) is 0 Å². The largest absolute Gasteiger partial charge is 0.455 e. The second-order valence-corrected chi connectivity index (χ2v) is 7.08. The van der Waals surface area contributed by atoms with Crippen LogP contribution in [0.4, 0.5) is 5.69 Å². The molecule has 0 bridgehead atoms. The number of rotatable bonds is 5. The minimum Gasteiger partial charge on any atom is -0.455 e. The quantitative estimate of drug-likeness (QED) is 0.339. The molecule has 0 aromatic heterocycles. The van der Waals surface area contributed by atoms with Gasteiger partial charge in [0.05, 0.1) is 4.92 Å². The van der Waals surface area contributed by atoms with Gasteiger partial charge in [0.15, 0.2) is 6.61 Å². The number of amides is 2. The normalized spacial score (nSPS) is 20.3. The molecule has 0 heterocycles. The highest BCUT2D eigenvalue weighted by Crippen LogP contribution is 2.64. The lowest BCUT2D eigenvalue weighted by Crippen LogP contribution is -2.44. The molecule has 1 saturated carbocycles. The maximum absolute atomic E-state index is 11.8. The van der Waals surface area contributed by atoms with Gasteiger partial charge < -0.3 is 4.74 Å². The number of ether oxygens (including phenoxy) is 1. The number of carbonyl (C=O) groups excluding carboxylic acids is 3. The molecule has 0 spiro atoms. The summed E-state index contributed by atoms with van der Waals surface area (Å²) >= 11 is 11.6. The average Bonchev–Trinajstić information content (AvgIpc) is 3.09. The molecule has 134 valence electrons. The number of non-ortho nitro benzene ring substituents is 1. The van der Waals surface area contributed by atoms with E-state index in [1.165, 1.54) is 25.1 Å². The second-order valence-electron chi connectivity index (χ2n) is 5.60. The van der Waals surface area contributed by atoms with E-state index in [-0.39, 0.29) is 17.7 Å². The Balaban J connectivity index is 1.80. The topological polar surface area (TPSA) is 128 Å². The van der Waals surface area contributed by atoms with Gasteiger partial charge in [-0.25, -0.2) is 0 Å². The minimum absolute atomic E-state index is 0.0222. The third kappa shape index (κ3) is 4.18. The molecule has 25 heavy (non-hydrogen) atoms. The molecule has 0 saturated heterocycles. The summed E-state index contributed by atoms with van der Waals surface area (Å²) in [6.07, 6.45) is 0.215. The van der Waals surface area contributed by atoms with Crippen molar-refractivity contribution in [1.29, 1.82) is 0 Å². The van der Waals surface area contributed by atoms with Crippen molar-refractivity contribution in [2.24, 2.45) is 5.41 Å². The lowest BCUT2D eigenvalue weighted by Gasteiger charge is -2.12. The van der Waals surface area contributed by atoms with E-state index >= 15 is 0 Å². The molecule has 0 radical (unpaired) electrons. The van der Waals surface area contributed by atoms with Gasteiger partial charge in [-0.1, -0.05) is 6.07 Å². The van der Waals surface area contributed by atoms with Gasteiger partial charge in [-0.2, -0.15) is 0 Å². The number of hydrazine groups is 1. The van der Waals surface area contributed by atoms with E-state index in [2.05, 4.69) is 5.43 Å². The van der Waals surface area contributed by atoms with Crippen LogP contribution in [0.15, 0.2) is 24.3 Å². The molecule has 2 N–H and O–H groups in total. The van der Waals surface area contributed by atoms with Gasteiger partial charge in [0.1, 0.15) is 9.75 Å². The summed E-state index contributed by atoms with van der Waals surface area (Å²) in [6.45, 7) is 0.866. The van der Waals surface area contributed by atoms with Crippen LogP contribution in [0.1, 0.15) is 23.7 Å². The molecule has 9 nitrogen and oxygen atoms in total. The number of hydrogen-bond acceptors (Lipinski definition) is 6.